The summed E-state index contributed by atoms with van der Waals surface area (Å²) in [4.78, 5) is 0. The molecule has 0 bridgehead atoms. The van der Waals surface area contributed by atoms with Gasteiger partial charge in [-0.2, -0.15) is 5.26 Å². The summed E-state index contributed by atoms with van der Waals surface area (Å²) in [6.45, 7) is 4.34. The third-order valence-corrected chi connectivity index (χ3v) is 3.20. The summed E-state index contributed by atoms with van der Waals surface area (Å²) in [5.41, 5.74) is 3.62. The van der Waals surface area contributed by atoms with E-state index in [0.717, 1.165) is 22.4 Å². The van der Waals surface area contributed by atoms with Crippen LogP contribution in [0.25, 0.3) is 0 Å². The number of ether oxygens (including phenoxy) is 1. The maximum Gasteiger partial charge on any atom is 0.166 e. The average molecular weight is 267 g/mol. The van der Waals surface area contributed by atoms with Crippen LogP contribution in [0, 0.1) is 25.2 Å². The fourth-order valence-electron chi connectivity index (χ4n) is 2.02. The first-order valence-electron chi connectivity index (χ1n) is 6.47. The number of aryl methyl sites for hydroxylation is 2. The van der Waals surface area contributed by atoms with Crippen molar-refractivity contribution in [3.8, 4) is 11.8 Å². The summed E-state index contributed by atoms with van der Waals surface area (Å²) >= 11 is 0. The molecule has 1 atom stereocenters. The molecule has 0 spiro atoms. The van der Waals surface area contributed by atoms with E-state index in [4.69, 9.17) is 10.00 Å². The fourth-order valence-corrected chi connectivity index (χ4v) is 2.02. The Morgan fingerprint density at radius 2 is 1.95 bits per heavy atom. The van der Waals surface area contributed by atoms with E-state index in [1.807, 2.05) is 50.2 Å². The molecule has 0 amide bonds. The monoisotopic (exact) mass is 267 g/mol. The molecule has 2 aromatic rings. The molecule has 0 radical (unpaired) electrons. The molecule has 102 valence electrons. The van der Waals surface area contributed by atoms with Gasteiger partial charge in [0.2, 0.25) is 0 Å². The first kappa shape index (κ1) is 14.1. The molecule has 0 saturated carbocycles. The standard InChI is InChI=1S/C17H17NO2/c1-12-7-8-13(2)17(9-12)20-11-14-5-3-4-6-15(14)16(19)10-18/h3-9,16,19H,11H2,1-2H3/t16-/m0/s1. The Kier molecular flexibility index (Phi) is 4.39. The van der Waals surface area contributed by atoms with Gasteiger partial charge >= 0.3 is 0 Å². The van der Waals surface area contributed by atoms with Gasteiger partial charge in [-0.1, -0.05) is 36.4 Å². The van der Waals surface area contributed by atoms with Crippen molar-refractivity contribution in [3.05, 3.63) is 64.7 Å². The van der Waals surface area contributed by atoms with E-state index in [1.54, 1.807) is 12.1 Å². The van der Waals surface area contributed by atoms with Gasteiger partial charge in [0.05, 0.1) is 6.07 Å². The van der Waals surface area contributed by atoms with Gasteiger partial charge in [0.1, 0.15) is 12.4 Å². The highest BCUT2D eigenvalue weighted by Crippen LogP contribution is 2.23. The van der Waals surface area contributed by atoms with Crippen LogP contribution in [0.1, 0.15) is 28.4 Å². The zero-order valence-electron chi connectivity index (χ0n) is 11.6. The van der Waals surface area contributed by atoms with Crippen LogP contribution in [0.5, 0.6) is 5.75 Å². The van der Waals surface area contributed by atoms with Crippen molar-refractivity contribution in [2.75, 3.05) is 0 Å². The van der Waals surface area contributed by atoms with E-state index in [9.17, 15) is 5.11 Å². The van der Waals surface area contributed by atoms with E-state index in [-0.39, 0.29) is 0 Å². The molecule has 0 aliphatic carbocycles. The number of hydrogen-bond donors (Lipinski definition) is 1. The van der Waals surface area contributed by atoms with Crippen molar-refractivity contribution in [1.82, 2.24) is 0 Å². The molecule has 0 aromatic heterocycles. The van der Waals surface area contributed by atoms with Crippen LogP contribution in [0.3, 0.4) is 0 Å². The molecule has 0 aliphatic rings. The van der Waals surface area contributed by atoms with Crippen molar-refractivity contribution in [3.63, 3.8) is 0 Å². The number of nitriles is 1. The molecule has 2 rings (SSSR count). The minimum Gasteiger partial charge on any atom is -0.489 e. The Morgan fingerprint density at radius 1 is 1.20 bits per heavy atom. The number of nitrogens with zero attached hydrogens (tertiary/aromatic N) is 1. The van der Waals surface area contributed by atoms with Crippen LogP contribution >= 0.6 is 0 Å². The zero-order valence-corrected chi connectivity index (χ0v) is 11.6. The highest BCUT2D eigenvalue weighted by Gasteiger charge is 2.11. The van der Waals surface area contributed by atoms with Gasteiger partial charge < -0.3 is 9.84 Å². The predicted octanol–water partition coefficient (Wildman–Crippen LogP) is 3.44. The van der Waals surface area contributed by atoms with E-state index >= 15 is 0 Å². The first-order valence-corrected chi connectivity index (χ1v) is 6.47. The first-order chi connectivity index (χ1) is 9.61. The minimum absolute atomic E-state index is 0.333. The minimum atomic E-state index is -1.12. The highest BCUT2D eigenvalue weighted by atomic mass is 16.5. The second-order valence-electron chi connectivity index (χ2n) is 4.79. The number of rotatable bonds is 4. The molecule has 1 N–H and O–H groups in total. The lowest BCUT2D eigenvalue weighted by molar-refractivity contribution is 0.229. The molecule has 2 aromatic carbocycles. The van der Waals surface area contributed by atoms with Crippen LogP contribution in [0.2, 0.25) is 0 Å². The van der Waals surface area contributed by atoms with Gasteiger partial charge in [0, 0.05) is 5.56 Å². The molecule has 0 aliphatic heterocycles. The summed E-state index contributed by atoms with van der Waals surface area (Å²) < 4.78 is 5.82. The van der Waals surface area contributed by atoms with Crippen molar-refractivity contribution < 1.29 is 9.84 Å². The second-order valence-corrected chi connectivity index (χ2v) is 4.79. The number of hydrogen-bond acceptors (Lipinski definition) is 3. The third kappa shape index (κ3) is 3.17. The summed E-state index contributed by atoms with van der Waals surface area (Å²) in [5.74, 6) is 0.825. The molecule has 0 heterocycles. The molecule has 3 nitrogen and oxygen atoms in total. The Bertz CT molecular complexity index is 644. The largest absolute Gasteiger partial charge is 0.489 e. The van der Waals surface area contributed by atoms with Gasteiger partial charge in [-0.05, 0) is 36.6 Å². The Labute approximate surface area is 119 Å². The number of benzene rings is 2. The quantitative estimate of drug-likeness (QED) is 0.863. The van der Waals surface area contributed by atoms with E-state index < -0.39 is 6.10 Å². The van der Waals surface area contributed by atoms with Crippen LogP contribution in [0.4, 0.5) is 0 Å². The van der Waals surface area contributed by atoms with E-state index in [0.29, 0.717) is 12.2 Å². The van der Waals surface area contributed by atoms with E-state index in [2.05, 4.69) is 0 Å². The maximum atomic E-state index is 9.69. The van der Waals surface area contributed by atoms with Gasteiger partial charge in [-0.25, -0.2) is 0 Å². The van der Waals surface area contributed by atoms with Crippen molar-refractivity contribution in [2.24, 2.45) is 0 Å². The number of aliphatic hydroxyl groups is 1. The third-order valence-electron chi connectivity index (χ3n) is 3.20. The summed E-state index contributed by atoms with van der Waals surface area (Å²) in [7, 11) is 0. The maximum absolute atomic E-state index is 9.69. The lowest BCUT2D eigenvalue weighted by atomic mass is 10.0. The highest BCUT2D eigenvalue weighted by molar-refractivity contribution is 5.37. The van der Waals surface area contributed by atoms with Gasteiger partial charge in [0.15, 0.2) is 6.10 Å². The van der Waals surface area contributed by atoms with Crippen LogP contribution in [-0.4, -0.2) is 5.11 Å². The lowest BCUT2D eigenvalue weighted by Gasteiger charge is -2.13. The second kappa shape index (κ2) is 6.23. The SMILES string of the molecule is Cc1ccc(C)c(OCc2ccccc2[C@@H](O)C#N)c1. The average Bonchev–Trinajstić information content (AvgIpc) is 2.47. The molecule has 0 unspecified atom stereocenters. The molecular weight excluding hydrogens is 250 g/mol. The molecular formula is C17H17NO2. The van der Waals surface area contributed by atoms with Crippen LogP contribution in [0.15, 0.2) is 42.5 Å². The van der Waals surface area contributed by atoms with Gasteiger partial charge in [-0.3, -0.25) is 0 Å². The number of aliphatic hydroxyl groups excluding tert-OH is 1. The summed E-state index contributed by atoms with van der Waals surface area (Å²) in [6, 6.07) is 15.2. The summed E-state index contributed by atoms with van der Waals surface area (Å²) in [5, 5.41) is 18.5. The lowest BCUT2D eigenvalue weighted by Crippen LogP contribution is -2.04. The Hall–Kier alpha value is -2.31. The van der Waals surface area contributed by atoms with Crippen LogP contribution in [-0.2, 0) is 6.61 Å². The molecule has 20 heavy (non-hydrogen) atoms. The topological polar surface area (TPSA) is 53.2 Å². The van der Waals surface area contributed by atoms with Crippen molar-refractivity contribution in [1.29, 1.82) is 5.26 Å². The summed E-state index contributed by atoms with van der Waals surface area (Å²) in [6.07, 6.45) is -1.12. The normalized spacial score (nSPS) is 11.7. The van der Waals surface area contributed by atoms with Crippen molar-refractivity contribution in [2.45, 2.75) is 26.6 Å². The van der Waals surface area contributed by atoms with Gasteiger partial charge in [-0.15, -0.1) is 0 Å². The smallest absolute Gasteiger partial charge is 0.166 e. The van der Waals surface area contributed by atoms with Crippen LogP contribution < -0.4 is 4.74 Å². The van der Waals surface area contributed by atoms with Gasteiger partial charge in [0.25, 0.3) is 0 Å². The van der Waals surface area contributed by atoms with E-state index in [1.165, 1.54) is 0 Å². The predicted molar refractivity (Wildman–Crippen MR) is 77.3 cm³/mol. The van der Waals surface area contributed by atoms with Crippen molar-refractivity contribution >= 4 is 0 Å². The molecule has 0 fully saturated rings. The Balaban J connectivity index is 2.19. The Morgan fingerprint density at radius 3 is 2.70 bits per heavy atom. The fraction of sp³-hybridized carbons (Fsp3) is 0.235. The molecule has 0 saturated heterocycles. The zero-order chi connectivity index (χ0) is 14.5. The molecule has 3 heteroatoms.